The summed E-state index contributed by atoms with van der Waals surface area (Å²) >= 11 is 9.85. The molecule has 1 aliphatic rings. The van der Waals surface area contributed by atoms with E-state index in [9.17, 15) is 0 Å². The second-order valence-electron chi connectivity index (χ2n) is 5.57. The molecule has 1 aliphatic heterocycles. The first-order chi connectivity index (χ1) is 8.58. The zero-order valence-corrected chi connectivity index (χ0v) is 13.5. The zero-order chi connectivity index (χ0) is 13.2. The molecule has 0 bridgehead atoms. The standard InChI is InChI=1S/C15H21BrClN/c1-3-15(2)6-8-18(9-7-15)14-5-4-12(11-16)10-13(14)17/h4-5,10H,3,6-9,11H2,1-2H3. The van der Waals surface area contributed by atoms with Gasteiger partial charge in [-0.25, -0.2) is 0 Å². The van der Waals surface area contributed by atoms with Crippen molar-refractivity contribution < 1.29 is 0 Å². The van der Waals surface area contributed by atoms with Crippen LogP contribution in [-0.2, 0) is 5.33 Å². The fourth-order valence-electron chi connectivity index (χ4n) is 2.53. The van der Waals surface area contributed by atoms with Gasteiger partial charge in [0.25, 0.3) is 0 Å². The summed E-state index contributed by atoms with van der Waals surface area (Å²) in [4.78, 5) is 2.43. The average Bonchev–Trinajstić information content (AvgIpc) is 2.40. The fourth-order valence-corrected chi connectivity index (χ4v) is 3.20. The molecule has 1 nitrogen and oxygen atoms in total. The number of benzene rings is 1. The summed E-state index contributed by atoms with van der Waals surface area (Å²) in [7, 11) is 0. The Kier molecular flexibility index (Phi) is 4.60. The molecular formula is C15H21BrClN. The van der Waals surface area contributed by atoms with E-state index < -0.39 is 0 Å². The van der Waals surface area contributed by atoms with Crippen LogP contribution in [0, 0.1) is 5.41 Å². The highest BCUT2D eigenvalue weighted by Gasteiger charge is 2.28. The van der Waals surface area contributed by atoms with E-state index in [1.165, 1.54) is 30.5 Å². The highest BCUT2D eigenvalue weighted by atomic mass is 79.9. The maximum atomic E-state index is 6.38. The van der Waals surface area contributed by atoms with Crippen LogP contribution in [0.2, 0.25) is 5.02 Å². The van der Waals surface area contributed by atoms with Crippen LogP contribution in [0.3, 0.4) is 0 Å². The van der Waals surface area contributed by atoms with E-state index in [0.29, 0.717) is 5.41 Å². The van der Waals surface area contributed by atoms with Crippen molar-refractivity contribution in [2.24, 2.45) is 5.41 Å². The minimum absolute atomic E-state index is 0.527. The molecule has 0 spiro atoms. The van der Waals surface area contributed by atoms with E-state index >= 15 is 0 Å². The molecule has 0 radical (unpaired) electrons. The van der Waals surface area contributed by atoms with Crippen LogP contribution in [0.15, 0.2) is 18.2 Å². The first-order valence-corrected chi connectivity index (χ1v) is 8.17. The van der Waals surface area contributed by atoms with Crippen LogP contribution < -0.4 is 4.90 Å². The predicted molar refractivity (Wildman–Crippen MR) is 83.9 cm³/mol. The zero-order valence-electron chi connectivity index (χ0n) is 11.2. The lowest BCUT2D eigenvalue weighted by Gasteiger charge is -2.40. The van der Waals surface area contributed by atoms with Crippen molar-refractivity contribution in [1.29, 1.82) is 0 Å². The Morgan fingerprint density at radius 3 is 2.50 bits per heavy atom. The molecule has 0 aliphatic carbocycles. The van der Waals surface area contributed by atoms with Gasteiger partial charge in [0.05, 0.1) is 10.7 Å². The molecule has 0 amide bonds. The van der Waals surface area contributed by atoms with E-state index in [0.717, 1.165) is 23.4 Å². The molecule has 1 fully saturated rings. The number of hydrogen-bond donors (Lipinski definition) is 0. The summed E-state index contributed by atoms with van der Waals surface area (Å²) in [5.74, 6) is 0. The van der Waals surface area contributed by atoms with Gasteiger partial charge in [0.15, 0.2) is 0 Å². The smallest absolute Gasteiger partial charge is 0.0642 e. The third kappa shape index (κ3) is 3.03. The molecule has 1 saturated heterocycles. The Bertz CT molecular complexity index is 411. The molecule has 1 heterocycles. The van der Waals surface area contributed by atoms with E-state index in [2.05, 4.69) is 52.9 Å². The van der Waals surface area contributed by atoms with Crippen LogP contribution in [-0.4, -0.2) is 13.1 Å². The topological polar surface area (TPSA) is 3.24 Å². The highest BCUT2D eigenvalue weighted by Crippen LogP contribution is 2.37. The van der Waals surface area contributed by atoms with Gasteiger partial charge >= 0.3 is 0 Å². The van der Waals surface area contributed by atoms with E-state index in [4.69, 9.17) is 11.6 Å². The van der Waals surface area contributed by atoms with Crippen LogP contribution in [0.4, 0.5) is 5.69 Å². The van der Waals surface area contributed by atoms with E-state index in [1.807, 2.05) is 0 Å². The van der Waals surface area contributed by atoms with Gasteiger partial charge in [-0.1, -0.05) is 53.9 Å². The molecule has 0 atom stereocenters. The Morgan fingerprint density at radius 2 is 2.00 bits per heavy atom. The van der Waals surface area contributed by atoms with Crippen molar-refractivity contribution in [1.82, 2.24) is 0 Å². The monoisotopic (exact) mass is 329 g/mol. The third-order valence-electron chi connectivity index (χ3n) is 4.33. The second-order valence-corrected chi connectivity index (χ2v) is 6.54. The van der Waals surface area contributed by atoms with Gasteiger partial charge in [-0.2, -0.15) is 0 Å². The molecular weight excluding hydrogens is 310 g/mol. The molecule has 3 heteroatoms. The molecule has 0 N–H and O–H groups in total. The fraction of sp³-hybridized carbons (Fsp3) is 0.600. The number of nitrogens with zero attached hydrogens (tertiary/aromatic N) is 1. The Balaban J connectivity index is 2.10. The van der Waals surface area contributed by atoms with E-state index in [1.54, 1.807) is 0 Å². The molecule has 0 aromatic heterocycles. The van der Waals surface area contributed by atoms with Gasteiger partial charge in [0.1, 0.15) is 0 Å². The van der Waals surface area contributed by atoms with Crippen molar-refractivity contribution in [2.75, 3.05) is 18.0 Å². The van der Waals surface area contributed by atoms with Gasteiger partial charge in [0, 0.05) is 18.4 Å². The highest BCUT2D eigenvalue weighted by molar-refractivity contribution is 9.08. The lowest BCUT2D eigenvalue weighted by atomic mass is 9.78. The van der Waals surface area contributed by atoms with Crippen molar-refractivity contribution in [3.63, 3.8) is 0 Å². The number of rotatable bonds is 3. The SMILES string of the molecule is CCC1(C)CCN(c2ccc(CBr)cc2Cl)CC1. The molecule has 2 rings (SSSR count). The van der Waals surface area contributed by atoms with Crippen LogP contribution in [0.5, 0.6) is 0 Å². The maximum absolute atomic E-state index is 6.38. The predicted octanol–water partition coefficient (Wildman–Crippen LogP) is 5.25. The summed E-state index contributed by atoms with van der Waals surface area (Å²) in [6, 6.07) is 6.39. The largest absolute Gasteiger partial charge is 0.370 e. The summed E-state index contributed by atoms with van der Waals surface area (Å²) in [5.41, 5.74) is 2.96. The Labute approximate surface area is 124 Å². The average molecular weight is 331 g/mol. The summed E-state index contributed by atoms with van der Waals surface area (Å²) in [5, 5.41) is 1.74. The first-order valence-electron chi connectivity index (χ1n) is 6.67. The molecule has 1 aromatic carbocycles. The molecule has 0 unspecified atom stereocenters. The van der Waals surface area contributed by atoms with Crippen molar-refractivity contribution in [2.45, 2.75) is 38.4 Å². The van der Waals surface area contributed by atoms with Crippen molar-refractivity contribution in [3.05, 3.63) is 28.8 Å². The summed E-state index contributed by atoms with van der Waals surface area (Å²) in [6.45, 7) is 6.95. The summed E-state index contributed by atoms with van der Waals surface area (Å²) in [6.07, 6.45) is 3.80. The molecule has 1 aromatic rings. The third-order valence-corrected chi connectivity index (χ3v) is 5.28. The number of anilines is 1. The van der Waals surface area contributed by atoms with Crippen molar-refractivity contribution >= 4 is 33.2 Å². The van der Waals surface area contributed by atoms with Crippen LogP contribution in [0.1, 0.15) is 38.7 Å². The number of halogens is 2. The van der Waals surface area contributed by atoms with Gasteiger partial charge in [0.2, 0.25) is 0 Å². The van der Waals surface area contributed by atoms with Crippen molar-refractivity contribution in [3.8, 4) is 0 Å². The van der Waals surface area contributed by atoms with Crippen LogP contribution >= 0.6 is 27.5 Å². The Morgan fingerprint density at radius 1 is 1.33 bits per heavy atom. The lowest BCUT2D eigenvalue weighted by Crippen LogP contribution is -2.38. The van der Waals surface area contributed by atoms with Gasteiger partial charge in [-0.15, -0.1) is 0 Å². The minimum atomic E-state index is 0.527. The second kappa shape index (κ2) is 5.83. The quantitative estimate of drug-likeness (QED) is 0.684. The number of hydrogen-bond acceptors (Lipinski definition) is 1. The first kappa shape index (κ1) is 14.2. The van der Waals surface area contributed by atoms with E-state index in [-0.39, 0.29) is 0 Å². The molecule has 18 heavy (non-hydrogen) atoms. The van der Waals surface area contributed by atoms with Gasteiger partial charge in [-0.05, 0) is 36.0 Å². The maximum Gasteiger partial charge on any atom is 0.0642 e. The minimum Gasteiger partial charge on any atom is -0.370 e. The normalized spacial score (nSPS) is 19.0. The van der Waals surface area contributed by atoms with Gasteiger partial charge in [-0.3, -0.25) is 0 Å². The number of alkyl halides is 1. The van der Waals surface area contributed by atoms with Crippen LogP contribution in [0.25, 0.3) is 0 Å². The lowest BCUT2D eigenvalue weighted by molar-refractivity contribution is 0.238. The molecule has 0 saturated carbocycles. The molecule has 100 valence electrons. The summed E-state index contributed by atoms with van der Waals surface area (Å²) < 4.78 is 0. The number of piperidine rings is 1. The Hall–Kier alpha value is -0.210. The van der Waals surface area contributed by atoms with Gasteiger partial charge < -0.3 is 4.90 Å².